The number of nitrogens with one attached hydrogen (secondary N) is 1. The Bertz CT molecular complexity index is 380. The number of aromatic nitrogens is 2. The first kappa shape index (κ1) is 13.2. The molecule has 0 aliphatic rings. The van der Waals surface area contributed by atoms with Crippen molar-refractivity contribution in [2.45, 2.75) is 25.4 Å². The summed E-state index contributed by atoms with van der Waals surface area (Å²) in [5, 5.41) is 11.3. The quantitative estimate of drug-likeness (QED) is 0.808. The highest BCUT2D eigenvalue weighted by molar-refractivity contribution is 5.32. The molecular weight excluding hydrogens is 233 g/mol. The van der Waals surface area contributed by atoms with Crippen LogP contribution < -0.4 is 5.32 Å². The van der Waals surface area contributed by atoms with E-state index in [0.717, 1.165) is 0 Å². The molecule has 7 heteroatoms. The average Bonchev–Trinajstić information content (AvgIpc) is 2.28. The maximum atomic E-state index is 11.8. The van der Waals surface area contributed by atoms with Crippen LogP contribution in [0.5, 0.6) is 0 Å². The number of halogens is 3. The summed E-state index contributed by atoms with van der Waals surface area (Å²) in [6, 6.07) is 1.82. The van der Waals surface area contributed by atoms with Crippen molar-refractivity contribution in [2.24, 2.45) is 0 Å². The fourth-order valence-electron chi connectivity index (χ4n) is 1.14. The van der Waals surface area contributed by atoms with E-state index in [1.807, 2.05) is 6.07 Å². The number of nitrogens with zero attached hydrogens (tertiary/aromatic N) is 3. The second-order valence-electron chi connectivity index (χ2n) is 3.40. The summed E-state index contributed by atoms with van der Waals surface area (Å²) in [4.78, 5) is 7.65. The lowest BCUT2D eigenvalue weighted by molar-refractivity contribution is -0.135. The second-order valence-corrected chi connectivity index (χ2v) is 3.40. The third-order valence-corrected chi connectivity index (χ3v) is 1.96. The Morgan fingerprint density at radius 2 is 2.00 bits per heavy atom. The molecule has 1 heterocycles. The zero-order chi connectivity index (χ0) is 12.7. The number of rotatable bonds is 5. The van der Waals surface area contributed by atoms with Gasteiger partial charge in [-0.25, -0.2) is 9.97 Å². The van der Waals surface area contributed by atoms with Crippen LogP contribution in [0.3, 0.4) is 0 Å². The average molecular weight is 244 g/mol. The van der Waals surface area contributed by atoms with Gasteiger partial charge in [0.1, 0.15) is 11.9 Å². The molecule has 1 aromatic rings. The van der Waals surface area contributed by atoms with Crippen molar-refractivity contribution in [1.29, 1.82) is 5.26 Å². The number of hydrogen-bond donors (Lipinski definition) is 1. The van der Waals surface area contributed by atoms with Crippen LogP contribution in [0.15, 0.2) is 12.4 Å². The van der Waals surface area contributed by atoms with E-state index in [-0.39, 0.29) is 12.1 Å². The standard InChI is InChI=1S/C10H11F3N4/c11-10(12,13)3-1-2-4-15-9-7-16-8(5-14)6-17-9/h6-7H,1-4H2,(H,15,17). The molecule has 0 spiro atoms. The molecule has 0 saturated carbocycles. The Labute approximate surface area is 96.5 Å². The summed E-state index contributed by atoms with van der Waals surface area (Å²) < 4.78 is 35.4. The molecule has 0 fully saturated rings. The molecule has 0 bridgehead atoms. The lowest BCUT2D eigenvalue weighted by Gasteiger charge is -2.07. The summed E-state index contributed by atoms with van der Waals surface area (Å²) in [5.74, 6) is 0.455. The SMILES string of the molecule is N#Cc1cnc(NCCCCC(F)(F)F)cn1. The van der Waals surface area contributed by atoms with Gasteiger partial charge in [-0.2, -0.15) is 18.4 Å². The maximum Gasteiger partial charge on any atom is 0.389 e. The fourth-order valence-corrected chi connectivity index (χ4v) is 1.14. The van der Waals surface area contributed by atoms with Gasteiger partial charge in [-0.05, 0) is 12.8 Å². The summed E-state index contributed by atoms with van der Waals surface area (Å²) in [5.41, 5.74) is 0.202. The summed E-state index contributed by atoms with van der Waals surface area (Å²) >= 11 is 0. The van der Waals surface area contributed by atoms with Crippen LogP contribution in [0.25, 0.3) is 0 Å². The number of alkyl halides is 3. The van der Waals surface area contributed by atoms with Gasteiger partial charge in [-0.1, -0.05) is 0 Å². The zero-order valence-electron chi connectivity index (χ0n) is 8.96. The molecule has 0 aliphatic heterocycles. The first-order chi connectivity index (χ1) is 8.01. The fraction of sp³-hybridized carbons (Fsp3) is 0.500. The zero-order valence-corrected chi connectivity index (χ0v) is 8.96. The minimum absolute atomic E-state index is 0.0835. The Kier molecular flexibility index (Phi) is 4.69. The van der Waals surface area contributed by atoms with Crippen molar-refractivity contribution in [1.82, 2.24) is 9.97 Å². The van der Waals surface area contributed by atoms with Crippen LogP contribution in [0, 0.1) is 11.3 Å². The molecule has 0 amide bonds. The molecule has 0 atom stereocenters. The summed E-state index contributed by atoms with van der Waals surface area (Å²) in [6.45, 7) is 0.399. The molecule has 1 rings (SSSR count). The topological polar surface area (TPSA) is 61.6 Å². The maximum absolute atomic E-state index is 11.8. The molecule has 1 aromatic heterocycles. The molecule has 0 unspecified atom stereocenters. The highest BCUT2D eigenvalue weighted by Gasteiger charge is 2.25. The Hall–Kier alpha value is -1.84. The van der Waals surface area contributed by atoms with Crippen molar-refractivity contribution in [3.63, 3.8) is 0 Å². The molecule has 0 aliphatic carbocycles. The lowest BCUT2D eigenvalue weighted by atomic mass is 10.2. The summed E-state index contributed by atoms with van der Waals surface area (Å²) in [7, 11) is 0. The van der Waals surface area contributed by atoms with Gasteiger partial charge in [-0.15, -0.1) is 0 Å². The van der Waals surface area contributed by atoms with Gasteiger partial charge >= 0.3 is 6.18 Å². The predicted octanol–water partition coefficient (Wildman–Crippen LogP) is 2.49. The molecule has 1 N–H and O–H groups in total. The van der Waals surface area contributed by atoms with E-state index < -0.39 is 12.6 Å². The predicted molar refractivity (Wildman–Crippen MR) is 55.1 cm³/mol. The van der Waals surface area contributed by atoms with Crippen LogP contribution >= 0.6 is 0 Å². The molecule has 0 radical (unpaired) electrons. The molecule has 0 aromatic carbocycles. The number of hydrogen-bond acceptors (Lipinski definition) is 4. The molecule has 17 heavy (non-hydrogen) atoms. The number of nitriles is 1. The van der Waals surface area contributed by atoms with Gasteiger partial charge in [-0.3, -0.25) is 0 Å². The molecule has 0 saturated heterocycles. The monoisotopic (exact) mass is 244 g/mol. The molecule has 4 nitrogen and oxygen atoms in total. The van der Waals surface area contributed by atoms with E-state index in [2.05, 4.69) is 15.3 Å². The smallest absolute Gasteiger partial charge is 0.369 e. The number of unbranched alkanes of at least 4 members (excludes halogenated alkanes) is 1. The van der Waals surface area contributed by atoms with Crippen LogP contribution in [0.4, 0.5) is 19.0 Å². The third-order valence-electron chi connectivity index (χ3n) is 1.96. The van der Waals surface area contributed by atoms with E-state index in [1.54, 1.807) is 0 Å². The molecular formula is C10H11F3N4. The third kappa shape index (κ3) is 5.70. The number of anilines is 1. The first-order valence-electron chi connectivity index (χ1n) is 5.04. The first-order valence-corrected chi connectivity index (χ1v) is 5.04. The second kappa shape index (κ2) is 6.03. The van der Waals surface area contributed by atoms with Gasteiger partial charge in [0.05, 0.1) is 12.4 Å². The van der Waals surface area contributed by atoms with Crippen LogP contribution in [-0.2, 0) is 0 Å². The van der Waals surface area contributed by atoms with E-state index in [1.165, 1.54) is 12.4 Å². The van der Waals surface area contributed by atoms with E-state index >= 15 is 0 Å². The van der Waals surface area contributed by atoms with E-state index in [9.17, 15) is 13.2 Å². The van der Waals surface area contributed by atoms with Crippen LogP contribution in [-0.4, -0.2) is 22.7 Å². The van der Waals surface area contributed by atoms with Crippen molar-refractivity contribution >= 4 is 5.82 Å². The summed E-state index contributed by atoms with van der Waals surface area (Å²) in [6.07, 6.45) is -1.69. The van der Waals surface area contributed by atoms with Gasteiger partial charge in [0.2, 0.25) is 0 Å². The van der Waals surface area contributed by atoms with Crippen LogP contribution in [0.2, 0.25) is 0 Å². The van der Waals surface area contributed by atoms with E-state index in [0.29, 0.717) is 18.8 Å². The minimum atomic E-state index is -4.09. The van der Waals surface area contributed by atoms with Gasteiger partial charge < -0.3 is 5.32 Å². The Balaban J connectivity index is 2.20. The largest absolute Gasteiger partial charge is 0.389 e. The minimum Gasteiger partial charge on any atom is -0.369 e. The Morgan fingerprint density at radius 3 is 2.53 bits per heavy atom. The highest BCUT2D eigenvalue weighted by Crippen LogP contribution is 2.21. The van der Waals surface area contributed by atoms with Crippen molar-refractivity contribution in [3.8, 4) is 6.07 Å². The lowest BCUT2D eigenvalue weighted by Crippen LogP contribution is -2.09. The van der Waals surface area contributed by atoms with Gasteiger partial charge in [0.15, 0.2) is 5.69 Å². The van der Waals surface area contributed by atoms with Crippen LogP contribution in [0.1, 0.15) is 25.0 Å². The van der Waals surface area contributed by atoms with Gasteiger partial charge in [0.25, 0.3) is 0 Å². The Morgan fingerprint density at radius 1 is 1.24 bits per heavy atom. The molecule has 92 valence electrons. The van der Waals surface area contributed by atoms with Crippen molar-refractivity contribution < 1.29 is 13.2 Å². The van der Waals surface area contributed by atoms with E-state index in [4.69, 9.17) is 5.26 Å². The van der Waals surface area contributed by atoms with Gasteiger partial charge in [0, 0.05) is 13.0 Å². The van der Waals surface area contributed by atoms with Crippen molar-refractivity contribution in [3.05, 3.63) is 18.1 Å². The highest BCUT2D eigenvalue weighted by atomic mass is 19.4. The van der Waals surface area contributed by atoms with Crippen molar-refractivity contribution in [2.75, 3.05) is 11.9 Å². The normalized spacial score (nSPS) is 10.9.